The van der Waals surface area contributed by atoms with Crippen LogP contribution in [0.5, 0.6) is 0 Å². The van der Waals surface area contributed by atoms with Crippen LogP contribution in [0.1, 0.15) is 39.5 Å². The molecule has 0 atom stereocenters. The van der Waals surface area contributed by atoms with Gasteiger partial charge in [-0.2, -0.15) is 4.98 Å². The molecule has 8 heteroatoms. The third-order valence-electron chi connectivity index (χ3n) is 5.45. The molecule has 1 saturated carbocycles. The molecule has 0 aliphatic heterocycles. The second-order valence-corrected chi connectivity index (χ2v) is 7.47. The minimum absolute atomic E-state index is 0.00395. The molecule has 0 spiro atoms. The van der Waals surface area contributed by atoms with Gasteiger partial charge in [0.25, 0.3) is 0 Å². The van der Waals surface area contributed by atoms with E-state index in [4.69, 9.17) is 4.98 Å². The molecule has 0 radical (unpaired) electrons. The van der Waals surface area contributed by atoms with Crippen LogP contribution < -0.4 is 26.1 Å². The van der Waals surface area contributed by atoms with Crippen LogP contribution in [0.2, 0.25) is 6.82 Å². The number of hydrogen-bond donors (Lipinski definition) is 2. The minimum Gasteiger partial charge on any atom is -0.324 e. The average molecular weight is 394 g/mol. The number of anilines is 4. The second-order valence-electron chi connectivity index (χ2n) is 7.47. The maximum atomic E-state index is 11.5. The molecule has 0 saturated heterocycles. The molecule has 7 nitrogen and oxygen atoms in total. The Morgan fingerprint density at radius 2 is 1.93 bits per heavy atom. The van der Waals surface area contributed by atoms with Gasteiger partial charge in [-0.05, 0) is 42.6 Å². The summed E-state index contributed by atoms with van der Waals surface area (Å²) in [6, 6.07) is 8.17. The predicted octanol–water partition coefficient (Wildman–Crippen LogP) is 2.59. The van der Waals surface area contributed by atoms with E-state index in [1.54, 1.807) is 18.9 Å². The van der Waals surface area contributed by atoms with Crippen LogP contribution in [0, 0.1) is 0 Å². The van der Waals surface area contributed by atoms with E-state index in [1.807, 2.05) is 30.5 Å². The first-order valence-corrected chi connectivity index (χ1v) is 10.5. The Hall–Kier alpha value is -2.61. The van der Waals surface area contributed by atoms with Gasteiger partial charge in [0.2, 0.25) is 11.9 Å². The Kier molecular flexibility index (Phi) is 7.09. The smallest absolute Gasteiger partial charge is 0.229 e. The summed E-state index contributed by atoms with van der Waals surface area (Å²) >= 11 is 0. The zero-order valence-corrected chi connectivity index (χ0v) is 17.9. The zero-order chi connectivity index (χ0) is 20.8. The number of hydrogen-bond acceptors (Lipinski definition) is 6. The topological polar surface area (TPSA) is 73.4 Å². The van der Waals surface area contributed by atoms with Gasteiger partial charge >= 0.3 is 0 Å². The first kappa shape index (κ1) is 21.1. The Bertz CT molecular complexity index is 822. The number of benzene rings is 1. The largest absolute Gasteiger partial charge is 0.324 e. The highest BCUT2D eigenvalue weighted by atomic mass is 16.2. The molecule has 2 aromatic rings. The van der Waals surface area contributed by atoms with Crippen LogP contribution in [0.25, 0.3) is 0 Å². The Balaban J connectivity index is 1.83. The highest BCUT2D eigenvalue weighted by molar-refractivity contribution is 6.53. The van der Waals surface area contributed by atoms with Crippen LogP contribution >= 0.6 is 0 Å². The van der Waals surface area contributed by atoms with E-state index >= 15 is 0 Å². The lowest BCUT2D eigenvalue weighted by atomic mass is 9.74. The third-order valence-corrected chi connectivity index (χ3v) is 5.45. The van der Waals surface area contributed by atoms with Gasteiger partial charge in [-0.15, -0.1) is 0 Å². The molecule has 29 heavy (non-hydrogen) atoms. The SMILES string of the molecule is CBc1cnc(Nc2ccc(N(C)C(C)=O)cc2)nc1N(NCC)C1CCCC1. The van der Waals surface area contributed by atoms with Crippen LogP contribution in [0.15, 0.2) is 30.5 Å². The molecule has 1 aliphatic carbocycles. The number of carbonyl (C=O) groups excluding carboxylic acids is 1. The summed E-state index contributed by atoms with van der Waals surface area (Å²) in [6.07, 6.45) is 6.83. The van der Waals surface area contributed by atoms with E-state index in [2.05, 4.69) is 34.5 Å². The Labute approximate surface area is 174 Å². The van der Waals surface area contributed by atoms with E-state index < -0.39 is 0 Å². The highest BCUT2D eigenvalue weighted by Crippen LogP contribution is 2.26. The number of amides is 1. The molecular formula is C21H31BN6O. The van der Waals surface area contributed by atoms with Crippen molar-refractivity contribution in [2.45, 2.75) is 52.4 Å². The zero-order valence-electron chi connectivity index (χ0n) is 17.9. The van der Waals surface area contributed by atoms with E-state index in [0.29, 0.717) is 12.0 Å². The number of hydrazine groups is 1. The summed E-state index contributed by atoms with van der Waals surface area (Å²) in [4.78, 5) is 22.5. The summed E-state index contributed by atoms with van der Waals surface area (Å²) < 4.78 is 0. The molecule has 1 aromatic carbocycles. The van der Waals surface area contributed by atoms with Crippen molar-refractivity contribution in [1.29, 1.82) is 0 Å². The lowest BCUT2D eigenvalue weighted by Gasteiger charge is -2.31. The molecular weight excluding hydrogens is 363 g/mol. The average Bonchev–Trinajstić information content (AvgIpc) is 3.26. The van der Waals surface area contributed by atoms with E-state index in [1.165, 1.54) is 25.7 Å². The molecule has 0 bridgehead atoms. The van der Waals surface area contributed by atoms with Gasteiger partial charge in [0.05, 0.1) is 0 Å². The first-order chi connectivity index (χ1) is 14.0. The number of nitrogens with zero attached hydrogens (tertiary/aromatic N) is 4. The summed E-state index contributed by atoms with van der Waals surface area (Å²) in [6.45, 7) is 6.67. The fourth-order valence-corrected chi connectivity index (χ4v) is 3.70. The highest BCUT2D eigenvalue weighted by Gasteiger charge is 2.25. The van der Waals surface area contributed by atoms with Gasteiger partial charge in [0.1, 0.15) is 5.82 Å². The third kappa shape index (κ3) is 5.06. The van der Waals surface area contributed by atoms with E-state index in [0.717, 1.165) is 36.5 Å². The monoisotopic (exact) mass is 394 g/mol. The van der Waals surface area contributed by atoms with Crippen molar-refractivity contribution in [2.75, 3.05) is 28.8 Å². The molecule has 1 amide bonds. The maximum Gasteiger partial charge on any atom is 0.229 e. The number of nitrogens with one attached hydrogen (secondary N) is 2. The van der Waals surface area contributed by atoms with Crippen LogP contribution in [0.4, 0.5) is 23.1 Å². The molecule has 1 heterocycles. The summed E-state index contributed by atoms with van der Waals surface area (Å²) in [5, 5.41) is 5.55. The first-order valence-electron chi connectivity index (χ1n) is 10.5. The molecule has 1 aromatic heterocycles. The summed E-state index contributed by atoms with van der Waals surface area (Å²) in [7, 11) is 2.65. The van der Waals surface area contributed by atoms with Crippen LogP contribution in [-0.4, -0.2) is 42.8 Å². The maximum absolute atomic E-state index is 11.5. The molecule has 0 unspecified atom stereocenters. The minimum atomic E-state index is 0.00395. The Morgan fingerprint density at radius 1 is 1.24 bits per heavy atom. The lowest BCUT2D eigenvalue weighted by Crippen LogP contribution is -2.48. The lowest BCUT2D eigenvalue weighted by molar-refractivity contribution is -0.116. The van der Waals surface area contributed by atoms with Gasteiger partial charge in [-0.1, -0.05) is 26.6 Å². The summed E-state index contributed by atoms with van der Waals surface area (Å²) in [5.74, 6) is 1.54. The van der Waals surface area contributed by atoms with Gasteiger partial charge in [0.15, 0.2) is 7.28 Å². The standard InChI is InChI=1S/C21H31BN6O/c1-5-24-28(18-8-6-7-9-18)20-19(22-3)14-23-21(26-20)25-16-10-12-17(13-11-16)27(4)15(2)29/h10-14,18,22,24H,5-9H2,1-4H3,(H,23,25,26). The van der Waals surface area contributed by atoms with Crippen molar-refractivity contribution in [3.8, 4) is 0 Å². The van der Waals surface area contributed by atoms with Gasteiger partial charge in [-0.25, -0.2) is 10.4 Å². The van der Waals surface area contributed by atoms with Crippen molar-refractivity contribution in [3.63, 3.8) is 0 Å². The molecule has 2 N–H and O–H groups in total. The van der Waals surface area contributed by atoms with E-state index in [9.17, 15) is 4.79 Å². The molecule has 1 fully saturated rings. The normalized spacial score (nSPS) is 13.9. The molecule has 3 rings (SSSR count). The number of carbonyl (C=O) groups is 1. The van der Waals surface area contributed by atoms with Crippen molar-refractivity contribution in [2.24, 2.45) is 0 Å². The van der Waals surface area contributed by atoms with Crippen molar-refractivity contribution < 1.29 is 4.79 Å². The van der Waals surface area contributed by atoms with Gasteiger partial charge in [-0.3, -0.25) is 9.80 Å². The predicted molar refractivity (Wildman–Crippen MR) is 122 cm³/mol. The van der Waals surface area contributed by atoms with Crippen LogP contribution in [-0.2, 0) is 4.79 Å². The number of aromatic nitrogens is 2. The Morgan fingerprint density at radius 3 is 2.52 bits per heavy atom. The second kappa shape index (κ2) is 9.74. The van der Waals surface area contributed by atoms with Crippen molar-refractivity contribution >= 4 is 41.8 Å². The quantitative estimate of drug-likeness (QED) is 0.530. The van der Waals surface area contributed by atoms with Crippen LogP contribution in [0.3, 0.4) is 0 Å². The molecule has 154 valence electrons. The van der Waals surface area contributed by atoms with Crippen molar-refractivity contribution in [1.82, 2.24) is 15.4 Å². The van der Waals surface area contributed by atoms with E-state index in [-0.39, 0.29) is 5.91 Å². The van der Waals surface area contributed by atoms with Gasteiger partial charge < -0.3 is 10.2 Å². The summed E-state index contributed by atoms with van der Waals surface area (Å²) in [5.41, 5.74) is 6.39. The fraction of sp³-hybridized carbons (Fsp3) is 0.476. The number of rotatable bonds is 8. The fourth-order valence-electron chi connectivity index (χ4n) is 3.70. The molecule has 1 aliphatic rings. The van der Waals surface area contributed by atoms with Gasteiger partial charge in [0, 0.05) is 44.1 Å². The van der Waals surface area contributed by atoms with Crippen molar-refractivity contribution in [3.05, 3.63) is 30.5 Å².